The Morgan fingerprint density at radius 1 is 1.21 bits per heavy atom. The monoisotopic (exact) mass is 463 g/mol. The van der Waals surface area contributed by atoms with Crippen LogP contribution < -0.4 is 10.6 Å². The van der Waals surface area contributed by atoms with E-state index in [9.17, 15) is 4.79 Å². The van der Waals surface area contributed by atoms with Crippen LogP contribution in [0.4, 0.5) is 11.5 Å². The lowest BCUT2D eigenvalue weighted by atomic mass is 10.1. The van der Waals surface area contributed by atoms with Gasteiger partial charge in [0.2, 0.25) is 0 Å². The number of anilines is 2. The van der Waals surface area contributed by atoms with Crippen LogP contribution in [0, 0.1) is 13.8 Å². The van der Waals surface area contributed by atoms with Crippen molar-refractivity contribution >= 4 is 39.9 Å². The van der Waals surface area contributed by atoms with Crippen LogP contribution in [0.5, 0.6) is 0 Å². The number of carbonyl (C=O) groups excluding carboxylic acids is 1. The molecule has 3 N–H and O–H groups in total. The second kappa shape index (κ2) is 8.53. The van der Waals surface area contributed by atoms with Crippen molar-refractivity contribution in [3.8, 4) is 5.69 Å². The van der Waals surface area contributed by atoms with Crippen molar-refractivity contribution in [2.75, 3.05) is 25.5 Å². The highest BCUT2D eigenvalue weighted by Crippen LogP contribution is 2.32. The van der Waals surface area contributed by atoms with E-state index in [1.54, 1.807) is 6.20 Å². The number of hydrogen-bond donors (Lipinski definition) is 3. The fourth-order valence-electron chi connectivity index (χ4n) is 4.28. The van der Waals surface area contributed by atoms with Crippen molar-refractivity contribution in [2.45, 2.75) is 26.3 Å². The van der Waals surface area contributed by atoms with E-state index < -0.39 is 0 Å². The first-order valence-electron chi connectivity index (χ1n) is 10.9. The van der Waals surface area contributed by atoms with Gasteiger partial charge in [-0.15, -0.1) is 5.10 Å². The number of halogens is 1. The summed E-state index contributed by atoms with van der Waals surface area (Å²) in [6, 6.07) is 9.81. The van der Waals surface area contributed by atoms with Gasteiger partial charge >= 0.3 is 0 Å². The summed E-state index contributed by atoms with van der Waals surface area (Å²) < 4.78 is 1.81. The Morgan fingerprint density at radius 3 is 2.82 bits per heavy atom. The molecule has 1 atom stereocenters. The predicted molar refractivity (Wildman–Crippen MR) is 131 cm³/mol. The Balaban J connectivity index is 1.35. The molecule has 0 bridgehead atoms. The molecule has 1 amide bonds. The highest BCUT2D eigenvalue weighted by atomic mass is 35.5. The fourth-order valence-corrected chi connectivity index (χ4v) is 4.54. The average molecular weight is 464 g/mol. The Morgan fingerprint density at radius 2 is 2.06 bits per heavy atom. The van der Waals surface area contributed by atoms with Gasteiger partial charge in [-0.25, -0.2) is 4.68 Å². The quantitative estimate of drug-likeness (QED) is 0.412. The van der Waals surface area contributed by atoms with Crippen LogP contribution >= 0.6 is 11.6 Å². The number of carbonyl (C=O) groups is 1. The molecule has 1 aliphatic heterocycles. The predicted octanol–water partition coefficient (Wildman–Crippen LogP) is 4.20. The van der Waals surface area contributed by atoms with Gasteiger partial charge in [-0.3, -0.25) is 9.89 Å². The normalized spacial score (nSPS) is 16.4. The first-order valence-corrected chi connectivity index (χ1v) is 11.3. The molecule has 1 unspecified atom stereocenters. The summed E-state index contributed by atoms with van der Waals surface area (Å²) in [6.45, 7) is 5.85. The maximum Gasteiger partial charge on any atom is 0.251 e. The molecule has 5 rings (SSSR count). The highest BCUT2D eigenvalue weighted by Gasteiger charge is 2.22. The number of benzene rings is 2. The number of amides is 1. The van der Waals surface area contributed by atoms with Gasteiger partial charge < -0.3 is 15.5 Å². The first kappa shape index (κ1) is 21.5. The highest BCUT2D eigenvalue weighted by molar-refractivity contribution is 6.38. The fraction of sp³-hybridized carbons (Fsp3) is 0.292. The van der Waals surface area contributed by atoms with Gasteiger partial charge in [0.1, 0.15) is 0 Å². The molecule has 3 heterocycles. The third kappa shape index (κ3) is 4.19. The second-order valence-electron chi connectivity index (χ2n) is 8.71. The molecular formula is C24H26ClN7O. The molecule has 9 heteroatoms. The molecule has 1 fully saturated rings. The molecule has 170 valence electrons. The molecule has 1 aliphatic rings. The molecule has 0 aliphatic carbocycles. The standard InChI is InChI=1S/C24H26ClN7O/c1-14-10-17(4-5-18(14)24(33)27-16-8-9-31(3)13-16)32-12-15(2)23(30-32)28-21-7-6-20-19(22(21)25)11-26-29-20/h4-7,10-12,16H,8-9,13H2,1-3H3,(H,26,29)(H,27,33)(H,28,30). The number of aromatic amines is 1. The van der Waals surface area contributed by atoms with Crippen molar-refractivity contribution in [1.82, 2.24) is 30.2 Å². The molecule has 0 spiro atoms. The van der Waals surface area contributed by atoms with Crippen LogP contribution in [0.25, 0.3) is 16.6 Å². The number of nitrogens with one attached hydrogen (secondary N) is 3. The van der Waals surface area contributed by atoms with Crippen LogP contribution in [0.2, 0.25) is 5.02 Å². The molecule has 2 aromatic carbocycles. The van der Waals surface area contributed by atoms with Crippen molar-refractivity contribution in [3.05, 3.63) is 64.4 Å². The van der Waals surface area contributed by atoms with Gasteiger partial charge in [-0.2, -0.15) is 5.10 Å². The number of fused-ring (bicyclic) bond motifs is 1. The summed E-state index contributed by atoms with van der Waals surface area (Å²) in [7, 11) is 2.07. The second-order valence-corrected chi connectivity index (χ2v) is 9.09. The topological polar surface area (TPSA) is 90.9 Å². The minimum absolute atomic E-state index is 0.0253. The number of aryl methyl sites for hydroxylation is 2. The molecule has 4 aromatic rings. The summed E-state index contributed by atoms with van der Waals surface area (Å²) in [4.78, 5) is 15.0. The molecule has 1 saturated heterocycles. The lowest BCUT2D eigenvalue weighted by molar-refractivity contribution is 0.0938. The molecule has 0 radical (unpaired) electrons. The maximum atomic E-state index is 12.8. The van der Waals surface area contributed by atoms with Crippen LogP contribution in [-0.2, 0) is 0 Å². The van der Waals surface area contributed by atoms with Gasteiger partial charge in [0, 0.05) is 35.3 Å². The van der Waals surface area contributed by atoms with Crippen molar-refractivity contribution in [2.24, 2.45) is 0 Å². The summed E-state index contributed by atoms with van der Waals surface area (Å²) in [5.41, 5.74) is 5.11. The Labute approximate surface area is 196 Å². The van der Waals surface area contributed by atoms with E-state index in [0.717, 1.165) is 52.9 Å². The van der Waals surface area contributed by atoms with Gasteiger partial charge in [-0.1, -0.05) is 11.6 Å². The number of likely N-dealkylation sites (N-methyl/N-ethyl adjacent to an activating group) is 1. The Kier molecular flexibility index (Phi) is 5.55. The maximum absolute atomic E-state index is 12.8. The van der Waals surface area contributed by atoms with Crippen LogP contribution in [0.3, 0.4) is 0 Å². The van der Waals surface area contributed by atoms with E-state index in [2.05, 4.69) is 32.8 Å². The minimum atomic E-state index is -0.0253. The van der Waals surface area contributed by atoms with E-state index in [1.807, 2.05) is 55.1 Å². The van der Waals surface area contributed by atoms with E-state index in [-0.39, 0.29) is 11.9 Å². The summed E-state index contributed by atoms with van der Waals surface area (Å²) >= 11 is 6.55. The largest absolute Gasteiger partial charge is 0.348 e. The average Bonchev–Trinajstić information content (AvgIpc) is 3.51. The number of nitrogens with zero attached hydrogens (tertiary/aromatic N) is 4. The van der Waals surface area contributed by atoms with Gasteiger partial charge in [0.05, 0.1) is 28.1 Å². The van der Waals surface area contributed by atoms with Crippen molar-refractivity contribution < 1.29 is 4.79 Å². The Bertz CT molecular complexity index is 1340. The third-order valence-corrected chi connectivity index (χ3v) is 6.56. The first-order chi connectivity index (χ1) is 15.9. The molecule has 8 nitrogen and oxygen atoms in total. The third-order valence-electron chi connectivity index (χ3n) is 6.15. The van der Waals surface area contributed by atoms with E-state index in [4.69, 9.17) is 16.7 Å². The van der Waals surface area contributed by atoms with Crippen LogP contribution in [0.1, 0.15) is 27.9 Å². The van der Waals surface area contributed by atoms with Gasteiger partial charge in [0.15, 0.2) is 5.82 Å². The SMILES string of the molecule is Cc1cc(-n2cc(C)c(Nc3ccc4[nH]ncc4c3Cl)n2)ccc1C(=O)NC1CCN(C)C1. The lowest BCUT2D eigenvalue weighted by Crippen LogP contribution is -2.36. The van der Waals surface area contributed by atoms with Gasteiger partial charge in [0.25, 0.3) is 5.91 Å². The number of aromatic nitrogens is 4. The number of rotatable bonds is 5. The van der Waals surface area contributed by atoms with E-state index >= 15 is 0 Å². The molecule has 2 aromatic heterocycles. The smallest absolute Gasteiger partial charge is 0.251 e. The summed E-state index contributed by atoms with van der Waals surface area (Å²) in [5, 5.41) is 19.6. The minimum Gasteiger partial charge on any atom is -0.348 e. The summed E-state index contributed by atoms with van der Waals surface area (Å²) in [5.74, 6) is 0.687. The Hall–Kier alpha value is -3.36. The van der Waals surface area contributed by atoms with Crippen molar-refractivity contribution in [3.63, 3.8) is 0 Å². The number of likely N-dealkylation sites (tertiary alicyclic amines) is 1. The zero-order valence-corrected chi connectivity index (χ0v) is 19.6. The van der Waals surface area contributed by atoms with Crippen molar-refractivity contribution in [1.29, 1.82) is 0 Å². The van der Waals surface area contributed by atoms with E-state index in [0.29, 0.717) is 16.4 Å². The zero-order chi connectivity index (χ0) is 23.1. The molecular weight excluding hydrogens is 438 g/mol. The number of hydrogen-bond acceptors (Lipinski definition) is 5. The zero-order valence-electron chi connectivity index (χ0n) is 18.8. The van der Waals surface area contributed by atoms with Crippen LogP contribution in [-0.4, -0.2) is 57.0 Å². The molecule has 33 heavy (non-hydrogen) atoms. The molecule has 0 saturated carbocycles. The van der Waals surface area contributed by atoms with Crippen LogP contribution in [0.15, 0.2) is 42.7 Å². The summed E-state index contributed by atoms with van der Waals surface area (Å²) in [6.07, 6.45) is 4.65. The number of H-pyrrole nitrogens is 1. The van der Waals surface area contributed by atoms with E-state index in [1.165, 1.54) is 0 Å². The lowest BCUT2D eigenvalue weighted by Gasteiger charge is -2.14. The van der Waals surface area contributed by atoms with Gasteiger partial charge in [-0.05, 0) is 69.8 Å².